The minimum Gasteiger partial charge on any atom is -0.383 e. The Bertz CT molecular complexity index is 471. The number of amidine groups is 1. The van der Waals surface area contributed by atoms with Gasteiger partial charge in [0.2, 0.25) is 0 Å². The van der Waals surface area contributed by atoms with Crippen LogP contribution in [0.2, 0.25) is 0 Å². The van der Waals surface area contributed by atoms with Crippen LogP contribution in [-0.2, 0) is 0 Å². The maximum Gasteiger partial charge on any atom is 0.133 e. The molecule has 2 nitrogen and oxygen atoms in total. The van der Waals surface area contributed by atoms with Gasteiger partial charge in [0.25, 0.3) is 0 Å². The van der Waals surface area contributed by atoms with Crippen molar-refractivity contribution in [2.75, 3.05) is 0 Å². The summed E-state index contributed by atoms with van der Waals surface area (Å²) in [6.45, 7) is 2.07. The number of nitrogens with one attached hydrogen (secondary N) is 1. The lowest BCUT2D eigenvalue weighted by molar-refractivity contribution is 1.45. The number of hydrogen-bond acceptors (Lipinski definition) is 2. The molecule has 0 saturated heterocycles. The lowest BCUT2D eigenvalue weighted by atomic mass is 10.1. The Hall–Kier alpha value is -1.35. The summed E-state index contributed by atoms with van der Waals surface area (Å²) in [7, 11) is 0. The second-order valence-corrected chi connectivity index (χ2v) is 4.09. The van der Waals surface area contributed by atoms with Crippen LogP contribution in [0.3, 0.4) is 0 Å². The van der Waals surface area contributed by atoms with Crippen molar-refractivity contribution in [1.29, 1.82) is 5.41 Å². The molecule has 13 heavy (non-hydrogen) atoms. The van der Waals surface area contributed by atoms with E-state index in [2.05, 4.69) is 19.1 Å². The first-order valence-electron chi connectivity index (χ1n) is 4.02. The van der Waals surface area contributed by atoms with Gasteiger partial charge in [-0.2, -0.15) is 0 Å². The molecule has 1 aromatic heterocycles. The van der Waals surface area contributed by atoms with E-state index in [0.29, 0.717) is 0 Å². The van der Waals surface area contributed by atoms with Gasteiger partial charge in [-0.15, -0.1) is 11.3 Å². The van der Waals surface area contributed by atoms with Gasteiger partial charge in [-0.05, 0) is 30.0 Å². The molecular formula is C10H10N2S. The molecule has 66 valence electrons. The molecule has 0 radical (unpaired) electrons. The summed E-state index contributed by atoms with van der Waals surface area (Å²) in [6.07, 6.45) is 0. The van der Waals surface area contributed by atoms with Crippen LogP contribution in [0.4, 0.5) is 0 Å². The quantitative estimate of drug-likeness (QED) is 0.527. The Kier molecular flexibility index (Phi) is 1.81. The number of hydrogen-bond donors (Lipinski definition) is 2. The van der Waals surface area contributed by atoms with Crippen molar-refractivity contribution in [3.63, 3.8) is 0 Å². The number of nitrogens with two attached hydrogens (primary N) is 1. The van der Waals surface area contributed by atoms with Crippen molar-refractivity contribution in [2.24, 2.45) is 5.73 Å². The van der Waals surface area contributed by atoms with E-state index in [0.717, 1.165) is 4.88 Å². The molecule has 0 amide bonds. The Morgan fingerprint density at radius 2 is 2.23 bits per heavy atom. The van der Waals surface area contributed by atoms with Gasteiger partial charge in [0.15, 0.2) is 0 Å². The van der Waals surface area contributed by atoms with Crippen molar-refractivity contribution in [3.8, 4) is 0 Å². The number of thiophene rings is 1. The maximum absolute atomic E-state index is 7.33. The fraction of sp³-hybridized carbons (Fsp3) is 0.100. The summed E-state index contributed by atoms with van der Waals surface area (Å²) in [4.78, 5) is 0.851. The minimum atomic E-state index is 0.153. The molecular weight excluding hydrogens is 180 g/mol. The van der Waals surface area contributed by atoms with Crippen LogP contribution in [0.15, 0.2) is 24.3 Å². The molecule has 0 atom stereocenters. The summed E-state index contributed by atoms with van der Waals surface area (Å²) in [5.74, 6) is 0.153. The molecule has 3 heteroatoms. The van der Waals surface area contributed by atoms with Crippen LogP contribution in [0, 0.1) is 12.3 Å². The molecule has 0 fully saturated rings. The van der Waals surface area contributed by atoms with Crippen LogP contribution in [-0.4, -0.2) is 5.84 Å². The van der Waals surface area contributed by atoms with E-state index < -0.39 is 0 Å². The number of fused-ring (bicyclic) bond motifs is 1. The van der Waals surface area contributed by atoms with E-state index in [1.807, 2.05) is 12.1 Å². The molecule has 0 aliphatic rings. The summed E-state index contributed by atoms with van der Waals surface area (Å²) in [5, 5.41) is 8.53. The number of aryl methyl sites for hydroxylation is 1. The predicted octanol–water partition coefficient (Wildman–Crippen LogP) is 2.49. The summed E-state index contributed by atoms with van der Waals surface area (Å²) >= 11 is 1.57. The highest BCUT2D eigenvalue weighted by Crippen LogP contribution is 2.27. The van der Waals surface area contributed by atoms with Gasteiger partial charge in [-0.25, -0.2) is 0 Å². The molecule has 2 rings (SSSR count). The third kappa shape index (κ3) is 1.31. The SMILES string of the molecule is Cc1cccc2sc(C(=N)N)cc12. The first-order valence-corrected chi connectivity index (χ1v) is 4.83. The largest absolute Gasteiger partial charge is 0.383 e. The first-order chi connectivity index (χ1) is 6.18. The highest BCUT2D eigenvalue weighted by Gasteiger charge is 2.04. The highest BCUT2D eigenvalue weighted by molar-refractivity contribution is 7.20. The van der Waals surface area contributed by atoms with Crippen molar-refractivity contribution in [3.05, 3.63) is 34.7 Å². The van der Waals surface area contributed by atoms with Gasteiger partial charge in [-0.3, -0.25) is 5.41 Å². The molecule has 1 heterocycles. The van der Waals surface area contributed by atoms with Crippen molar-refractivity contribution < 1.29 is 0 Å². The molecule has 1 aromatic carbocycles. The van der Waals surface area contributed by atoms with Crippen LogP contribution >= 0.6 is 11.3 Å². The number of nitrogen functional groups attached to an aromatic ring is 1. The van der Waals surface area contributed by atoms with E-state index in [4.69, 9.17) is 11.1 Å². The van der Waals surface area contributed by atoms with Gasteiger partial charge in [0.05, 0.1) is 4.88 Å². The average Bonchev–Trinajstić information content (AvgIpc) is 2.49. The van der Waals surface area contributed by atoms with Crippen molar-refractivity contribution in [1.82, 2.24) is 0 Å². The van der Waals surface area contributed by atoms with E-state index >= 15 is 0 Å². The average molecular weight is 190 g/mol. The molecule has 2 aromatic rings. The zero-order valence-corrected chi connectivity index (χ0v) is 8.11. The summed E-state index contributed by atoms with van der Waals surface area (Å²) in [6, 6.07) is 8.13. The first kappa shape index (κ1) is 8.26. The lowest BCUT2D eigenvalue weighted by Crippen LogP contribution is -2.08. The standard InChI is InChI=1S/C10H10N2S/c1-6-3-2-4-8-7(6)5-9(13-8)10(11)12/h2-5H,1H3,(H3,11,12). The van der Waals surface area contributed by atoms with E-state index in [-0.39, 0.29) is 5.84 Å². The Morgan fingerprint density at radius 1 is 1.46 bits per heavy atom. The van der Waals surface area contributed by atoms with E-state index in [9.17, 15) is 0 Å². The molecule has 0 saturated carbocycles. The topological polar surface area (TPSA) is 49.9 Å². The number of rotatable bonds is 1. The zero-order valence-electron chi connectivity index (χ0n) is 7.29. The fourth-order valence-electron chi connectivity index (χ4n) is 1.34. The fourth-order valence-corrected chi connectivity index (χ4v) is 2.34. The summed E-state index contributed by atoms with van der Waals surface area (Å²) in [5.41, 5.74) is 6.66. The smallest absolute Gasteiger partial charge is 0.133 e. The second-order valence-electron chi connectivity index (χ2n) is 3.01. The molecule has 0 spiro atoms. The van der Waals surface area contributed by atoms with Crippen molar-refractivity contribution >= 4 is 27.3 Å². The van der Waals surface area contributed by atoms with Gasteiger partial charge >= 0.3 is 0 Å². The zero-order chi connectivity index (χ0) is 9.42. The third-order valence-corrected chi connectivity index (χ3v) is 3.18. The maximum atomic E-state index is 7.33. The Balaban J connectivity index is 2.75. The highest BCUT2D eigenvalue weighted by atomic mass is 32.1. The van der Waals surface area contributed by atoms with Crippen LogP contribution in [0.1, 0.15) is 10.4 Å². The molecule has 3 N–H and O–H groups in total. The van der Waals surface area contributed by atoms with Crippen LogP contribution < -0.4 is 5.73 Å². The van der Waals surface area contributed by atoms with Gasteiger partial charge in [-0.1, -0.05) is 12.1 Å². The third-order valence-electron chi connectivity index (χ3n) is 2.04. The molecule has 0 bridgehead atoms. The number of benzene rings is 1. The molecule has 0 unspecified atom stereocenters. The monoisotopic (exact) mass is 190 g/mol. The van der Waals surface area contributed by atoms with Crippen molar-refractivity contribution in [2.45, 2.75) is 6.92 Å². The molecule has 0 aliphatic carbocycles. The predicted molar refractivity (Wildman–Crippen MR) is 57.6 cm³/mol. The second kappa shape index (κ2) is 2.85. The van der Waals surface area contributed by atoms with Gasteiger partial charge in [0.1, 0.15) is 5.84 Å². The van der Waals surface area contributed by atoms with E-state index in [1.54, 1.807) is 11.3 Å². The van der Waals surface area contributed by atoms with Crippen LogP contribution in [0.25, 0.3) is 10.1 Å². The van der Waals surface area contributed by atoms with Crippen LogP contribution in [0.5, 0.6) is 0 Å². The summed E-state index contributed by atoms with van der Waals surface area (Å²) < 4.78 is 1.20. The van der Waals surface area contributed by atoms with Gasteiger partial charge < -0.3 is 5.73 Å². The Morgan fingerprint density at radius 3 is 2.85 bits per heavy atom. The van der Waals surface area contributed by atoms with E-state index in [1.165, 1.54) is 15.6 Å². The normalized spacial score (nSPS) is 10.5. The van der Waals surface area contributed by atoms with Gasteiger partial charge in [0, 0.05) is 4.70 Å². The Labute approximate surface area is 80.5 Å². The minimum absolute atomic E-state index is 0.153. The lowest BCUT2D eigenvalue weighted by Gasteiger charge is -1.91. The molecule has 0 aliphatic heterocycles.